The maximum absolute atomic E-state index is 9.75. The van der Waals surface area contributed by atoms with Crippen LogP contribution in [0.15, 0.2) is 46.4 Å². The van der Waals surface area contributed by atoms with Crippen molar-refractivity contribution in [1.82, 2.24) is 4.57 Å². The molecule has 1 heterocycles. The smallest absolute Gasteiger partial charge is 0.507 e. The van der Waals surface area contributed by atoms with Crippen LogP contribution in [-0.2, 0) is 13.1 Å². The van der Waals surface area contributed by atoms with E-state index in [2.05, 4.69) is 43.3 Å². The lowest BCUT2D eigenvalue weighted by atomic mass is 10.2. The van der Waals surface area contributed by atoms with Crippen molar-refractivity contribution >= 4 is 29.4 Å². The summed E-state index contributed by atoms with van der Waals surface area (Å²) in [7, 11) is -6.00. The number of nitrogens with zero attached hydrogens (tertiary/aromatic N) is 3. The molecule has 1 aromatic heterocycles. The van der Waals surface area contributed by atoms with Crippen LogP contribution < -0.4 is 4.57 Å². The van der Waals surface area contributed by atoms with Crippen LogP contribution in [0.1, 0.15) is 12.5 Å². The first-order valence-corrected chi connectivity index (χ1v) is 7.89. The largest absolute Gasteiger partial charge is 0.673 e. The molecule has 2 rings (SSSR count). The maximum Gasteiger partial charge on any atom is 0.673 e. The number of phenols is 1. The molecular weight excluding hydrogens is 393 g/mol. The Kier molecular flexibility index (Phi) is 7.96. The molecule has 0 saturated carbocycles. The molecule has 132 valence electrons. The van der Waals surface area contributed by atoms with Gasteiger partial charge in [-0.25, -0.2) is 9.13 Å². The number of benzene rings is 1. The van der Waals surface area contributed by atoms with E-state index in [4.69, 9.17) is 0 Å². The van der Waals surface area contributed by atoms with Gasteiger partial charge in [-0.2, -0.15) is 0 Å². The van der Waals surface area contributed by atoms with Crippen molar-refractivity contribution in [2.24, 2.45) is 4.99 Å². The number of halogens is 5. The summed E-state index contributed by atoms with van der Waals surface area (Å²) < 4.78 is 44.1. The highest BCUT2D eigenvalue weighted by atomic mass is 79.9. The fourth-order valence-electron chi connectivity index (χ4n) is 1.72. The molecule has 1 N–H and O–H groups in total. The molecule has 0 fully saturated rings. The van der Waals surface area contributed by atoms with Gasteiger partial charge < -0.3 is 22.4 Å². The predicted octanol–water partition coefficient (Wildman–Crippen LogP) is 3.68. The van der Waals surface area contributed by atoms with Crippen LogP contribution in [0.4, 0.5) is 17.3 Å². The fraction of sp³-hybridized carbons (Fsp3) is 0.286. The summed E-state index contributed by atoms with van der Waals surface area (Å²) in [5, 5.41) is 9.67. The normalized spacial score (nSPS) is 11.4. The first-order valence-electron chi connectivity index (χ1n) is 7.09. The molecule has 2 aromatic rings. The predicted molar refractivity (Wildman–Crippen MR) is 88.8 cm³/mol. The van der Waals surface area contributed by atoms with Crippen molar-refractivity contribution in [3.63, 3.8) is 0 Å². The van der Waals surface area contributed by atoms with E-state index in [0.29, 0.717) is 6.54 Å². The van der Waals surface area contributed by atoms with Gasteiger partial charge in [0.1, 0.15) is 24.7 Å². The second-order valence-corrected chi connectivity index (χ2v) is 5.63. The van der Waals surface area contributed by atoms with Gasteiger partial charge in [-0.15, -0.1) is 0 Å². The highest BCUT2D eigenvalue weighted by Gasteiger charge is 2.20. The lowest BCUT2D eigenvalue weighted by molar-refractivity contribution is -0.693. The number of rotatable bonds is 5. The quantitative estimate of drug-likeness (QED) is 0.348. The number of phenolic OH excluding ortho intramolecular Hbond substituents is 1. The summed E-state index contributed by atoms with van der Waals surface area (Å²) in [6.45, 7) is 4.60. The fourth-order valence-corrected chi connectivity index (χ4v) is 2.10. The second-order valence-electron chi connectivity index (χ2n) is 4.72. The van der Waals surface area contributed by atoms with E-state index in [1.54, 1.807) is 18.3 Å². The molecule has 0 bridgehead atoms. The highest BCUT2D eigenvalue weighted by Crippen LogP contribution is 2.19. The van der Waals surface area contributed by atoms with E-state index in [1.807, 2.05) is 18.5 Å². The number of aromatic hydroxyl groups is 1. The second kappa shape index (κ2) is 9.46. The Hall–Kier alpha value is -1.84. The Labute approximate surface area is 145 Å². The summed E-state index contributed by atoms with van der Waals surface area (Å²) in [6, 6.07) is 5.30. The van der Waals surface area contributed by atoms with Crippen molar-refractivity contribution in [2.45, 2.75) is 20.0 Å². The van der Waals surface area contributed by atoms with Crippen LogP contribution in [0.2, 0.25) is 0 Å². The summed E-state index contributed by atoms with van der Waals surface area (Å²) >= 11 is 3.37. The zero-order valence-corrected chi connectivity index (χ0v) is 14.5. The van der Waals surface area contributed by atoms with Crippen LogP contribution in [0.5, 0.6) is 5.75 Å². The van der Waals surface area contributed by atoms with E-state index in [9.17, 15) is 22.4 Å². The molecule has 0 spiro atoms. The summed E-state index contributed by atoms with van der Waals surface area (Å²) in [6.07, 6.45) is 7.85. The minimum absolute atomic E-state index is 0.247. The first-order chi connectivity index (χ1) is 11.2. The van der Waals surface area contributed by atoms with Gasteiger partial charge in [0, 0.05) is 16.3 Å². The third kappa shape index (κ3) is 8.71. The molecule has 0 aliphatic rings. The number of imidazole rings is 1. The molecule has 1 aromatic carbocycles. The van der Waals surface area contributed by atoms with Crippen LogP contribution in [0.25, 0.3) is 0 Å². The van der Waals surface area contributed by atoms with E-state index in [-0.39, 0.29) is 5.75 Å². The maximum atomic E-state index is 9.75. The summed E-state index contributed by atoms with van der Waals surface area (Å²) in [5.74, 6) is 0.247. The SMILES string of the molecule is CCn1cc[n+](CCN=Cc2cc(Br)ccc2O)c1.F[B-](F)(F)F. The van der Waals surface area contributed by atoms with Gasteiger partial charge in [-0.05, 0) is 25.1 Å². The number of aliphatic imine (C=N–C) groups is 1. The third-order valence-electron chi connectivity index (χ3n) is 2.82. The molecule has 0 aliphatic heterocycles. The Bertz CT molecular complexity index is 670. The number of hydrogen-bond acceptors (Lipinski definition) is 2. The third-order valence-corrected chi connectivity index (χ3v) is 3.31. The van der Waals surface area contributed by atoms with Crippen LogP contribution >= 0.6 is 15.9 Å². The summed E-state index contributed by atoms with van der Waals surface area (Å²) in [4.78, 5) is 4.34. The van der Waals surface area contributed by atoms with Crippen molar-refractivity contribution in [3.8, 4) is 5.75 Å². The zero-order chi connectivity index (χ0) is 18.2. The molecule has 10 heteroatoms. The lowest BCUT2D eigenvalue weighted by Crippen LogP contribution is -2.32. The summed E-state index contributed by atoms with van der Waals surface area (Å²) in [5.41, 5.74) is 0.727. The minimum Gasteiger partial charge on any atom is -0.507 e. The van der Waals surface area contributed by atoms with Crippen LogP contribution in [0, 0.1) is 0 Å². The van der Waals surface area contributed by atoms with Gasteiger partial charge >= 0.3 is 7.25 Å². The molecule has 24 heavy (non-hydrogen) atoms. The van der Waals surface area contributed by atoms with Gasteiger partial charge in [0.15, 0.2) is 0 Å². The van der Waals surface area contributed by atoms with Crippen molar-refractivity contribution in [2.75, 3.05) is 6.54 Å². The van der Waals surface area contributed by atoms with Crippen LogP contribution in [-0.4, -0.2) is 29.7 Å². The molecule has 0 atom stereocenters. The molecule has 0 radical (unpaired) electrons. The molecule has 0 amide bonds. The van der Waals surface area contributed by atoms with Crippen molar-refractivity contribution < 1.29 is 26.9 Å². The number of aromatic nitrogens is 2. The van der Waals surface area contributed by atoms with E-state index < -0.39 is 7.25 Å². The Morgan fingerprint density at radius 2 is 2.00 bits per heavy atom. The van der Waals surface area contributed by atoms with Gasteiger partial charge in [-0.1, -0.05) is 15.9 Å². The first kappa shape index (κ1) is 20.2. The van der Waals surface area contributed by atoms with Crippen LogP contribution in [0.3, 0.4) is 0 Å². The molecular formula is C14H17BBrF4N3O. The average molecular weight is 410 g/mol. The van der Waals surface area contributed by atoms with Gasteiger partial charge in [-0.3, -0.25) is 4.99 Å². The lowest BCUT2D eigenvalue weighted by Gasteiger charge is -1.99. The Morgan fingerprint density at radius 1 is 1.33 bits per heavy atom. The zero-order valence-electron chi connectivity index (χ0n) is 12.9. The molecule has 0 unspecified atom stereocenters. The van der Waals surface area contributed by atoms with E-state index in [0.717, 1.165) is 23.1 Å². The topological polar surface area (TPSA) is 41.4 Å². The van der Waals surface area contributed by atoms with Gasteiger partial charge in [0.05, 0.1) is 13.1 Å². The van der Waals surface area contributed by atoms with Gasteiger partial charge in [0.2, 0.25) is 6.33 Å². The van der Waals surface area contributed by atoms with Gasteiger partial charge in [0.25, 0.3) is 0 Å². The molecule has 0 aliphatic carbocycles. The minimum atomic E-state index is -6.00. The highest BCUT2D eigenvalue weighted by molar-refractivity contribution is 9.10. The number of hydrogen-bond donors (Lipinski definition) is 1. The Morgan fingerprint density at radius 3 is 2.58 bits per heavy atom. The molecule has 4 nitrogen and oxygen atoms in total. The van der Waals surface area contributed by atoms with E-state index >= 15 is 0 Å². The number of aryl methyl sites for hydroxylation is 1. The van der Waals surface area contributed by atoms with Crippen molar-refractivity contribution in [1.29, 1.82) is 0 Å². The van der Waals surface area contributed by atoms with E-state index in [1.165, 1.54) is 0 Å². The standard InChI is InChI=1S/C14H16BrN3O.BF4/c1-2-17-7-8-18(11-17)6-5-16-10-12-9-13(15)3-4-14(12)19;2-1(3,4)5/h3-4,7-11H,2,5-6H2,1H3;/q;-1/p+1. The van der Waals surface area contributed by atoms with Crippen molar-refractivity contribution in [3.05, 3.63) is 47.0 Å². The molecule has 0 saturated heterocycles. The average Bonchev–Trinajstić information content (AvgIpc) is 2.93. The monoisotopic (exact) mass is 409 g/mol. The Balaban J connectivity index is 0.000000505.